The van der Waals surface area contributed by atoms with Crippen molar-refractivity contribution in [2.75, 3.05) is 31.2 Å². The monoisotopic (exact) mass is 382 g/mol. The predicted molar refractivity (Wildman–Crippen MR) is 106 cm³/mol. The molecule has 0 atom stereocenters. The first-order valence-corrected chi connectivity index (χ1v) is 9.15. The van der Waals surface area contributed by atoms with Gasteiger partial charge in [-0.25, -0.2) is 9.97 Å². The number of allylic oxidation sites excluding steroid dienone is 1. The number of rotatable bonds is 5. The van der Waals surface area contributed by atoms with Gasteiger partial charge in [-0.15, -0.1) is 0 Å². The molecule has 3 heterocycles. The molecule has 1 saturated heterocycles. The fourth-order valence-corrected chi connectivity index (χ4v) is 3.44. The highest BCUT2D eigenvalue weighted by molar-refractivity contribution is 6.31. The maximum absolute atomic E-state index is 11.8. The van der Waals surface area contributed by atoms with E-state index in [9.17, 15) is 4.79 Å². The van der Waals surface area contributed by atoms with Crippen LogP contribution in [0, 0.1) is 0 Å². The summed E-state index contributed by atoms with van der Waals surface area (Å²) in [6.07, 6.45) is 3.34. The van der Waals surface area contributed by atoms with Gasteiger partial charge in [-0.1, -0.05) is 30.3 Å². The number of nitrogens with zero attached hydrogens (tertiary/aromatic N) is 3. The summed E-state index contributed by atoms with van der Waals surface area (Å²) in [5.41, 5.74) is 2.67. The number of H-pyrrole nitrogens is 1. The number of halogens is 1. The van der Waals surface area contributed by atoms with Crippen LogP contribution < -0.4 is 4.90 Å². The molecule has 3 aromatic rings. The Kier molecular flexibility index (Phi) is 4.92. The number of fused-ring (bicyclic) bond motifs is 1. The molecule has 0 radical (unpaired) electrons. The van der Waals surface area contributed by atoms with Crippen molar-refractivity contribution >= 4 is 34.2 Å². The van der Waals surface area contributed by atoms with Gasteiger partial charge in [0.25, 0.3) is 0 Å². The highest BCUT2D eigenvalue weighted by Crippen LogP contribution is 2.35. The molecule has 0 aliphatic carbocycles. The topological polar surface area (TPSA) is 71.1 Å². The maximum Gasteiger partial charge on any atom is 0.162 e. The van der Waals surface area contributed by atoms with Crippen molar-refractivity contribution in [2.24, 2.45) is 0 Å². The lowest BCUT2D eigenvalue weighted by molar-refractivity contribution is -0.114. The summed E-state index contributed by atoms with van der Waals surface area (Å²) in [5.74, 6) is 1.18. The van der Waals surface area contributed by atoms with Crippen LogP contribution in [-0.2, 0) is 16.0 Å². The molecule has 1 aliphatic heterocycles. The molecule has 0 amide bonds. The van der Waals surface area contributed by atoms with Crippen LogP contribution in [0.5, 0.6) is 0 Å². The van der Waals surface area contributed by atoms with E-state index < -0.39 is 0 Å². The predicted octanol–water partition coefficient (Wildman–Crippen LogP) is 3.41. The fraction of sp³-hybridized carbons (Fsp3) is 0.250. The highest BCUT2D eigenvalue weighted by Gasteiger charge is 2.22. The molecule has 4 rings (SSSR count). The Hall–Kier alpha value is -2.70. The summed E-state index contributed by atoms with van der Waals surface area (Å²) >= 11 is 6.18. The second-order valence-electron chi connectivity index (χ2n) is 6.35. The molecule has 0 saturated carbocycles. The van der Waals surface area contributed by atoms with Crippen molar-refractivity contribution in [2.45, 2.75) is 6.42 Å². The fourth-order valence-electron chi connectivity index (χ4n) is 3.25. The Morgan fingerprint density at radius 1 is 1.33 bits per heavy atom. The molecule has 6 nitrogen and oxygen atoms in total. The van der Waals surface area contributed by atoms with Gasteiger partial charge >= 0.3 is 0 Å². The molecule has 0 unspecified atom stereocenters. The van der Waals surface area contributed by atoms with E-state index >= 15 is 0 Å². The number of aromatic nitrogens is 3. The Labute approximate surface area is 161 Å². The number of carbonyl (C=O) groups is 1. The second-order valence-corrected chi connectivity index (χ2v) is 6.78. The molecule has 27 heavy (non-hydrogen) atoms. The highest BCUT2D eigenvalue weighted by atomic mass is 35.5. The molecular formula is C20H19ClN4O2. The third-order valence-electron chi connectivity index (χ3n) is 4.57. The summed E-state index contributed by atoms with van der Waals surface area (Å²) in [7, 11) is 0. The molecule has 0 bridgehead atoms. The number of hydrogen-bond acceptors (Lipinski definition) is 5. The van der Waals surface area contributed by atoms with Gasteiger partial charge < -0.3 is 14.6 Å². The van der Waals surface area contributed by atoms with Crippen LogP contribution in [-0.4, -0.2) is 47.0 Å². The maximum atomic E-state index is 11.8. The lowest BCUT2D eigenvalue weighted by Crippen LogP contribution is -2.37. The van der Waals surface area contributed by atoms with Gasteiger partial charge in [0.2, 0.25) is 0 Å². The lowest BCUT2D eigenvalue weighted by atomic mass is 10.1. The Morgan fingerprint density at radius 2 is 2.15 bits per heavy atom. The molecule has 2 aromatic heterocycles. The summed E-state index contributed by atoms with van der Waals surface area (Å²) in [4.78, 5) is 26.5. The standard InChI is InChI=1S/C20H19ClN4O2/c1-2-15(26)11-17-23-19-18(20(24-17)25-6-8-27-9-7-25)16(12-22-19)13-4-3-5-14(21)10-13/h2-5,10,12H,1,6-9,11H2,(H,22,23,24). The van der Waals surface area contributed by atoms with Gasteiger partial charge in [0.1, 0.15) is 17.3 Å². The smallest absolute Gasteiger partial charge is 0.162 e. The normalized spacial score (nSPS) is 14.5. The Bertz CT molecular complexity index is 1010. The van der Waals surface area contributed by atoms with Crippen molar-refractivity contribution in [3.63, 3.8) is 0 Å². The number of nitrogens with one attached hydrogen (secondary N) is 1. The average molecular weight is 383 g/mol. The SMILES string of the molecule is C=CC(=O)Cc1nc(N2CCOCC2)c2c(-c3cccc(Cl)c3)c[nH]c2n1. The van der Waals surface area contributed by atoms with Crippen LogP contribution in [0.2, 0.25) is 5.02 Å². The zero-order valence-corrected chi connectivity index (χ0v) is 15.5. The summed E-state index contributed by atoms with van der Waals surface area (Å²) in [6, 6.07) is 7.69. The third kappa shape index (κ3) is 3.59. The minimum atomic E-state index is -0.108. The van der Waals surface area contributed by atoms with Gasteiger partial charge in [0.05, 0.1) is 25.0 Å². The van der Waals surface area contributed by atoms with Crippen molar-refractivity contribution in [1.29, 1.82) is 0 Å². The number of morpholine rings is 1. The van der Waals surface area contributed by atoms with E-state index in [1.54, 1.807) is 0 Å². The summed E-state index contributed by atoms with van der Waals surface area (Å²) in [6.45, 7) is 6.29. The first-order valence-electron chi connectivity index (χ1n) is 8.77. The van der Waals surface area contributed by atoms with Crippen molar-refractivity contribution in [1.82, 2.24) is 15.0 Å². The number of aromatic amines is 1. The van der Waals surface area contributed by atoms with Crippen LogP contribution in [0.15, 0.2) is 43.1 Å². The van der Waals surface area contributed by atoms with Crippen LogP contribution in [0.1, 0.15) is 5.82 Å². The first kappa shape index (κ1) is 17.7. The number of carbonyl (C=O) groups excluding carboxylic acids is 1. The molecule has 1 aliphatic rings. The summed E-state index contributed by atoms with van der Waals surface area (Å²) in [5, 5.41) is 1.60. The quantitative estimate of drug-likeness (QED) is 0.685. The average Bonchev–Trinajstić information content (AvgIpc) is 3.12. The lowest BCUT2D eigenvalue weighted by Gasteiger charge is -2.28. The van der Waals surface area contributed by atoms with Crippen LogP contribution in [0.3, 0.4) is 0 Å². The molecule has 138 valence electrons. The molecule has 1 aromatic carbocycles. The van der Waals surface area contributed by atoms with Gasteiger partial charge in [0, 0.05) is 29.9 Å². The minimum Gasteiger partial charge on any atom is -0.378 e. The van der Waals surface area contributed by atoms with E-state index in [1.165, 1.54) is 6.08 Å². The van der Waals surface area contributed by atoms with E-state index in [-0.39, 0.29) is 12.2 Å². The van der Waals surface area contributed by atoms with Crippen molar-refractivity contribution < 1.29 is 9.53 Å². The van der Waals surface area contributed by atoms with Gasteiger partial charge in [0.15, 0.2) is 5.78 Å². The molecule has 0 spiro atoms. The Balaban J connectivity index is 1.89. The number of ketones is 1. The number of hydrogen-bond donors (Lipinski definition) is 1. The van der Waals surface area contributed by atoms with E-state index in [0.29, 0.717) is 29.7 Å². The number of anilines is 1. The Morgan fingerprint density at radius 3 is 2.89 bits per heavy atom. The van der Waals surface area contributed by atoms with E-state index in [4.69, 9.17) is 21.3 Å². The molecule has 1 N–H and O–H groups in total. The second kappa shape index (κ2) is 7.50. The van der Waals surface area contributed by atoms with Crippen molar-refractivity contribution in [3.05, 3.63) is 54.0 Å². The van der Waals surface area contributed by atoms with E-state index in [0.717, 1.165) is 35.4 Å². The van der Waals surface area contributed by atoms with Crippen molar-refractivity contribution in [3.8, 4) is 11.1 Å². The minimum absolute atomic E-state index is 0.108. The number of ether oxygens (including phenoxy) is 1. The van der Waals surface area contributed by atoms with E-state index in [1.807, 2.05) is 30.5 Å². The van der Waals surface area contributed by atoms with Gasteiger partial charge in [-0.3, -0.25) is 4.79 Å². The van der Waals surface area contributed by atoms with Crippen LogP contribution in [0.25, 0.3) is 22.2 Å². The van der Waals surface area contributed by atoms with E-state index in [2.05, 4.69) is 21.4 Å². The summed E-state index contributed by atoms with van der Waals surface area (Å²) < 4.78 is 5.48. The zero-order chi connectivity index (χ0) is 18.8. The zero-order valence-electron chi connectivity index (χ0n) is 14.7. The number of benzene rings is 1. The molecular weight excluding hydrogens is 364 g/mol. The van der Waals surface area contributed by atoms with Gasteiger partial charge in [-0.05, 0) is 23.8 Å². The largest absolute Gasteiger partial charge is 0.378 e. The third-order valence-corrected chi connectivity index (χ3v) is 4.80. The first-order chi connectivity index (χ1) is 13.2. The molecule has 1 fully saturated rings. The van der Waals surface area contributed by atoms with Crippen LogP contribution in [0.4, 0.5) is 5.82 Å². The van der Waals surface area contributed by atoms with Gasteiger partial charge in [-0.2, -0.15) is 0 Å². The molecule has 7 heteroatoms. The van der Waals surface area contributed by atoms with Crippen LogP contribution >= 0.6 is 11.6 Å².